The van der Waals surface area contributed by atoms with Crippen LogP contribution in [0.15, 0.2) is 54.6 Å². The second kappa shape index (κ2) is 6.53. The first-order valence-corrected chi connectivity index (χ1v) is 6.98. The second-order valence-corrected chi connectivity index (χ2v) is 5.02. The lowest BCUT2D eigenvalue weighted by Crippen LogP contribution is -2.07. The van der Waals surface area contributed by atoms with Gasteiger partial charge in [-0.05, 0) is 17.5 Å². The molecule has 0 aliphatic rings. The third-order valence-electron chi connectivity index (χ3n) is 3.10. The number of halogens is 1. The zero-order valence-corrected chi connectivity index (χ0v) is 11.7. The predicted octanol–water partition coefficient (Wildman–Crippen LogP) is 4.80. The van der Waals surface area contributed by atoms with Gasteiger partial charge in [-0.3, -0.25) is 4.79 Å². The zero-order chi connectivity index (χ0) is 13.7. The van der Waals surface area contributed by atoms with Gasteiger partial charge in [0.25, 0.3) is 0 Å². The molecule has 2 aromatic carbocycles. The minimum atomic E-state index is -0.613. The predicted molar refractivity (Wildman–Crippen MR) is 79.8 cm³/mol. The van der Waals surface area contributed by atoms with E-state index < -0.39 is 5.38 Å². The van der Waals surface area contributed by atoms with Crippen LogP contribution in [-0.2, 0) is 6.42 Å². The molecule has 0 N–H and O–H groups in total. The van der Waals surface area contributed by atoms with Crippen molar-refractivity contribution in [1.82, 2.24) is 0 Å². The number of ketones is 1. The fraction of sp³-hybridized carbons (Fsp3) is 0.235. The molecule has 2 rings (SSSR count). The molecule has 0 heterocycles. The molecule has 0 saturated heterocycles. The molecule has 2 aromatic rings. The van der Waals surface area contributed by atoms with Crippen molar-refractivity contribution in [2.24, 2.45) is 0 Å². The number of aryl methyl sites for hydroxylation is 1. The van der Waals surface area contributed by atoms with Crippen molar-refractivity contribution in [2.75, 3.05) is 0 Å². The number of hydrogen-bond acceptors (Lipinski definition) is 1. The number of carbonyl (C=O) groups excluding carboxylic acids is 1. The van der Waals surface area contributed by atoms with Crippen LogP contribution in [0.2, 0.25) is 0 Å². The smallest absolute Gasteiger partial charge is 0.185 e. The topological polar surface area (TPSA) is 17.1 Å². The van der Waals surface area contributed by atoms with Gasteiger partial charge in [0.05, 0.1) is 0 Å². The number of Topliss-reactive ketones (excluding diaryl/α,β-unsaturated/α-hetero) is 1. The van der Waals surface area contributed by atoms with E-state index in [9.17, 15) is 4.79 Å². The average Bonchev–Trinajstić information content (AvgIpc) is 2.48. The highest BCUT2D eigenvalue weighted by molar-refractivity contribution is 6.33. The number of hydrogen-bond donors (Lipinski definition) is 0. The summed E-state index contributed by atoms with van der Waals surface area (Å²) < 4.78 is 0. The van der Waals surface area contributed by atoms with Crippen LogP contribution in [0.3, 0.4) is 0 Å². The Morgan fingerprint density at radius 3 is 2.26 bits per heavy atom. The summed E-state index contributed by atoms with van der Waals surface area (Å²) in [5.41, 5.74) is 2.76. The van der Waals surface area contributed by atoms with Gasteiger partial charge in [-0.2, -0.15) is 0 Å². The molecular weight excluding hydrogens is 256 g/mol. The Bertz CT molecular complexity index is 531. The van der Waals surface area contributed by atoms with Crippen molar-refractivity contribution in [1.29, 1.82) is 0 Å². The van der Waals surface area contributed by atoms with Gasteiger partial charge < -0.3 is 0 Å². The Labute approximate surface area is 119 Å². The highest BCUT2D eigenvalue weighted by Gasteiger charge is 2.18. The quantitative estimate of drug-likeness (QED) is 0.564. The molecule has 0 saturated carbocycles. The molecular formula is C17H17ClO. The van der Waals surface area contributed by atoms with Crippen LogP contribution >= 0.6 is 11.6 Å². The van der Waals surface area contributed by atoms with E-state index in [2.05, 4.69) is 6.92 Å². The van der Waals surface area contributed by atoms with Gasteiger partial charge in [0, 0.05) is 5.56 Å². The van der Waals surface area contributed by atoms with Gasteiger partial charge in [-0.15, -0.1) is 11.6 Å². The SMILES string of the molecule is CCCc1ccc(C(=O)C(Cl)c2ccccc2)cc1. The fourth-order valence-electron chi connectivity index (χ4n) is 2.04. The van der Waals surface area contributed by atoms with Gasteiger partial charge in [-0.1, -0.05) is 67.9 Å². The molecule has 2 heteroatoms. The lowest BCUT2D eigenvalue weighted by atomic mass is 10.0. The molecule has 0 aliphatic carbocycles. The van der Waals surface area contributed by atoms with Crippen molar-refractivity contribution in [3.05, 3.63) is 71.3 Å². The van der Waals surface area contributed by atoms with Crippen molar-refractivity contribution in [3.8, 4) is 0 Å². The monoisotopic (exact) mass is 272 g/mol. The minimum Gasteiger partial charge on any atom is -0.292 e. The molecule has 0 aromatic heterocycles. The molecule has 1 nitrogen and oxygen atoms in total. The second-order valence-electron chi connectivity index (χ2n) is 4.58. The molecule has 0 aliphatic heterocycles. The highest BCUT2D eigenvalue weighted by Crippen LogP contribution is 2.25. The van der Waals surface area contributed by atoms with Gasteiger partial charge >= 0.3 is 0 Å². The Morgan fingerprint density at radius 2 is 1.68 bits per heavy atom. The molecule has 19 heavy (non-hydrogen) atoms. The lowest BCUT2D eigenvalue weighted by Gasteiger charge is -2.09. The van der Waals surface area contributed by atoms with Gasteiger partial charge in [0.2, 0.25) is 0 Å². The lowest BCUT2D eigenvalue weighted by molar-refractivity contribution is 0.0987. The van der Waals surface area contributed by atoms with Crippen LogP contribution in [0.1, 0.15) is 40.2 Å². The van der Waals surface area contributed by atoms with Crippen LogP contribution in [0.5, 0.6) is 0 Å². The maximum atomic E-state index is 12.3. The first kappa shape index (κ1) is 13.8. The summed E-state index contributed by atoms with van der Waals surface area (Å²) in [5.74, 6) is -0.0454. The molecule has 0 spiro atoms. The van der Waals surface area contributed by atoms with E-state index in [0.717, 1.165) is 18.4 Å². The van der Waals surface area contributed by atoms with Gasteiger partial charge in [-0.25, -0.2) is 0 Å². The standard InChI is InChI=1S/C17H17ClO/c1-2-6-13-9-11-15(12-10-13)17(19)16(18)14-7-4-3-5-8-14/h3-5,7-12,16H,2,6H2,1H3. The summed E-state index contributed by atoms with van der Waals surface area (Å²) in [5, 5.41) is -0.613. The summed E-state index contributed by atoms with van der Waals surface area (Å²) >= 11 is 6.24. The van der Waals surface area contributed by atoms with Crippen molar-refractivity contribution < 1.29 is 4.79 Å². The van der Waals surface area contributed by atoms with Crippen LogP contribution in [0.4, 0.5) is 0 Å². The van der Waals surface area contributed by atoms with E-state index in [0.29, 0.717) is 5.56 Å². The number of alkyl halides is 1. The first-order chi connectivity index (χ1) is 9.22. The molecule has 0 fully saturated rings. The minimum absolute atomic E-state index is 0.0454. The number of rotatable bonds is 5. The molecule has 0 radical (unpaired) electrons. The molecule has 1 unspecified atom stereocenters. The van der Waals surface area contributed by atoms with Crippen LogP contribution in [0.25, 0.3) is 0 Å². The van der Waals surface area contributed by atoms with Crippen molar-refractivity contribution in [2.45, 2.75) is 25.1 Å². The Hall–Kier alpha value is -1.60. The maximum absolute atomic E-state index is 12.3. The van der Waals surface area contributed by atoms with Crippen LogP contribution in [0, 0.1) is 0 Å². The molecule has 1 atom stereocenters. The first-order valence-electron chi connectivity index (χ1n) is 6.54. The third-order valence-corrected chi connectivity index (χ3v) is 3.55. The Morgan fingerprint density at radius 1 is 1.05 bits per heavy atom. The number of carbonyl (C=O) groups is 1. The summed E-state index contributed by atoms with van der Waals surface area (Å²) in [7, 11) is 0. The molecule has 98 valence electrons. The third kappa shape index (κ3) is 3.45. The summed E-state index contributed by atoms with van der Waals surface area (Å²) in [6.45, 7) is 2.14. The largest absolute Gasteiger partial charge is 0.292 e. The van der Waals surface area contributed by atoms with E-state index in [4.69, 9.17) is 11.6 Å². The van der Waals surface area contributed by atoms with E-state index in [-0.39, 0.29) is 5.78 Å². The highest BCUT2D eigenvalue weighted by atomic mass is 35.5. The van der Waals surface area contributed by atoms with Gasteiger partial charge in [0.15, 0.2) is 5.78 Å². The van der Waals surface area contributed by atoms with E-state index in [1.807, 2.05) is 54.6 Å². The summed E-state index contributed by atoms with van der Waals surface area (Å²) in [6, 6.07) is 17.2. The molecule has 0 bridgehead atoms. The summed E-state index contributed by atoms with van der Waals surface area (Å²) in [4.78, 5) is 12.3. The van der Waals surface area contributed by atoms with E-state index >= 15 is 0 Å². The number of benzene rings is 2. The fourth-order valence-corrected chi connectivity index (χ4v) is 2.32. The van der Waals surface area contributed by atoms with Crippen LogP contribution in [-0.4, -0.2) is 5.78 Å². The normalized spacial score (nSPS) is 12.1. The maximum Gasteiger partial charge on any atom is 0.185 e. The van der Waals surface area contributed by atoms with Crippen molar-refractivity contribution >= 4 is 17.4 Å². The zero-order valence-electron chi connectivity index (χ0n) is 11.0. The van der Waals surface area contributed by atoms with Gasteiger partial charge in [0.1, 0.15) is 5.38 Å². The summed E-state index contributed by atoms with van der Waals surface area (Å²) in [6.07, 6.45) is 2.15. The van der Waals surface area contributed by atoms with Crippen molar-refractivity contribution in [3.63, 3.8) is 0 Å². The molecule has 0 amide bonds. The van der Waals surface area contributed by atoms with Crippen LogP contribution < -0.4 is 0 Å². The van der Waals surface area contributed by atoms with E-state index in [1.165, 1.54) is 5.56 Å². The van der Waals surface area contributed by atoms with E-state index in [1.54, 1.807) is 0 Å². The Balaban J connectivity index is 2.15. The average molecular weight is 273 g/mol. The Kier molecular flexibility index (Phi) is 4.75.